The van der Waals surface area contributed by atoms with E-state index in [4.69, 9.17) is 14.2 Å². The predicted molar refractivity (Wildman–Crippen MR) is 137 cm³/mol. The molecule has 0 heterocycles. The van der Waals surface area contributed by atoms with E-state index >= 15 is 0 Å². The van der Waals surface area contributed by atoms with Crippen LogP contribution in [0.4, 0.5) is 5.69 Å². The monoisotopic (exact) mass is 499 g/mol. The lowest BCUT2D eigenvalue weighted by atomic mass is 9.96. The summed E-state index contributed by atoms with van der Waals surface area (Å²) in [6.45, 7) is 4.23. The van der Waals surface area contributed by atoms with E-state index in [1.165, 1.54) is 20.3 Å². The first-order valence-electron chi connectivity index (χ1n) is 10.7. The van der Waals surface area contributed by atoms with Crippen molar-refractivity contribution in [3.05, 3.63) is 60.2 Å². The van der Waals surface area contributed by atoms with Gasteiger partial charge in [-0.1, -0.05) is 23.8 Å². The molecule has 186 valence electrons. The molecule has 0 saturated heterocycles. The van der Waals surface area contributed by atoms with Crippen molar-refractivity contribution in [2.24, 2.45) is 0 Å². The molecule has 0 aromatic heterocycles. The van der Waals surface area contributed by atoms with Crippen LogP contribution in [0.5, 0.6) is 28.7 Å². The quantitative estimate of drug-likeness (QED) is 0.348. The Bertz CT molecular complexity index is 1360. The predicted octanol–water partition coefficient (Wildman–Crippen LogP) is 5.17. The Morgan fingerprint density at radius 2 is 1.71 bits per heavy atom. The number of methoxy groups -OCH3 is 2. The summed E-state index contributed by atoms with van der Waals surface area (Å²) in [6, 6.07) is 13.2. The molecule has 0 atom stereocenters. The highest BCUT2D eigenvalue weighted by Crippen LogP contribution is 2.50. The van der Waals surface area contributed by atoms with Gasteiger partial charge in [-0.2, -0.15) is 0 Å². The van der Waals surface area contributed by atoms with Crippen molar-refractivity contribution in [2.75, 3.05) is 31.8 Å². The lowest BCUT2D eigenvalue weighted by Crippen LogP contribution is -2.09. The second-order valence-corrected chi connectivity index (χ2v) is 9.86. The molecule has 3 rings (SSSR count). The van der Waals surface area contributed by atoms with Crippen LogP contribution < -0.4 is 18.9 Å². The number of hydrogen-bond donors (Lipinski definition) is 3. The van der Waals surface area contributed by atoms with Crippen LogP contribution in [-0.4, -0.2) is 45.7 Å². The van der Waals surface area contributed by atoms with Crippen LogP contribution in [0.2, 0.25) is 0 Å². The number of aromatic hydroxyl groups is 2. The second-order valence-electron chi connectivity index (χ2n) is 8.11. The molecule has 0 aliphatic rings. The third-order valence-corrected chi connectivity index (χ3v) is 5.70. The second kappa shape index (κ2) is 10.6. The maximum absolute atomic E-state index is 11.6. The first kappa shape index (κ1) is 25.8. The topological polar surface area (TPSA) is 114 Å². The number of nitrogens with one attached hydrogen (secondary N) is 1. The molecule has 3 N–H and O–H groups in total. The normalized spacial score (nSPS) is 11.0. The summed E-state index contributed by atoms with van der Waals surface area (Å²) < 4.78 is 42.4. The van der Waals surface area contributed by atoms with Crippen molar-refractivity contribution in [3.8, 4) is 51.0 Å². The molecule has 0 unspecified atom stereocenters. The van der Waals surface area contributed by atoms with Crippen LogP contribution in [0.25, 0.3) is 22.3 Å². The highest BCUT2D eigenvalue weighted by Gasteiger charge is 2.22. The van der Waals surface area contributed by atoms with Gasteiger partial charge in [0.25, 0.3) is 0 Å². The van der Waals surface area contributed by atoms with E-state index < -0.39 is 10.0 Å². The Labute approximate surface area is 205 Å². The number of ether oxygens (including phenoxy) is 3. The standard InChI is InChI=1S/C26H29NO7S/c1-16(2)11-12-34-22-10-9-18(14-21(22)28)24-23(32-3)15-20(26(33-4)25(24)29)17-7-6-8-19(13-17)27-35(5,30)31/h6-11,13-15,27-29H,12H2,1-5H3. The zero-order valence-corrected chi connectivity index (χ0v) is 21.1. The molecule has 35 heavy (non-hydrogen) atoms. The number of phenols is 2. The minimum Gasteiger partial charge on any atom is -0.504 e. The number of benzene rings is 3. The van der Waals surface area contributed by atoms with Gasteiger partial charge in [0, 0.05) is 11.3 Å². The summed E-state index contributed by atoms with van der Waals surface area (Å²) in [5, 5.41) is 21.7. The van der Waals surface area contributed by atoms with E-state index in [0.29, 0.717) is 46.0 Å². The van der Waals surface area contributed by atoms with Crippen molar-refractivity contribution in [1.29, 1.82) is 0 Å². The van der Waals surface area contributed by atoms with E-state index in [2.05, 4.69) is 4.72 Å². The molecule has 0 saturated carbocycles. The minimum absolute atomic E-state index is 0.0892. The van der Waals surface area contributed by atoms with Crippen molar-refractivity contribution in [2.45, 2.75) is 13.8 Å². The zero-order valence-electron chi connectivity index (χ0n) is 20.2. The summed E-state index contributed by atoms with van der Waals surface area (Å²) >= 11 is 0. The molecule has 0 radical (unpaired) electrons. The van der Waals surface area contributed by atoms with E-state index in [0.717, 1.165) is 11.8 Å². The third kappa shape index (κ3) is 6.19. The molecular weight excluding hydrogens is 470 g/mol. The van der Waals surface area contributed by atoms with Gasteiger partial charge >= 0.3 is 0 Å². The number of hydrogen-bond acceptors (Lipinski definition) is 7. The summed E-state index contributed by atoms with van der Waals surface area (Å²) in [6.07, 6.45) is 2.96. The fourth-order valence-corrected chi connectivity index (χ4v) is 4.10. The lowest BCUT2D eigenvalue weighted by molar-refractivity contribution is 0.335. The van der Waals surface area contributed by atoms with Gasteiger partial charge in [-0.15, -0.1) is 0 Å². The van der Waals surface area contributed by atoms with E-state index in [1.807, 2.05) is 19.9 Å². The van der Waals surface area contributed by atoms with Crippen LogP contribution in [0.1, 0.15) is 13.8 Å². The van der Waals surface area contributed by atoms with Gasteiger partial charge in [-0.25, -0.2) is 8.42 Å². The van der Waals surface area contributed by atoms with Gasteiger partial charge in [0.05, 0.1) is 26.0 Å². The van der Waals surface area contributed by atoms with E-state index in [-0.39, 0.29) is 17.2 Å². The first-order chi connectivity index (χ1) is 16.5. The number of phenolic OH excluding ortho intramolecular Hbond substituents is 2. The Morgan fingerprint density at radius 1 is 0.971 bits per heavy atom. The molecule has 3 aromatic rings. The first-order valence-corrected chi connectivity index (χ1v) is 12.6. The van der Waals surface area contributed by atoms with Crippen molar-refractivity contribution in [3.63, 3.8) is 0 Å². The zero-order chi connectivity index (χ0) is 25.8. The largest absolute Gasteiger partial charge is 0.504 e. The molecule has 9 heteroatoms. The number of sulfonamides is 1. The Hall–Kier alpha value is -3.85. The molecule has 0 spiro atoms. The minimum atomic E-state index is -3.47. The number of anilines is 1. The molecule has 8 nitrogen and oxygen atoms in total. The van der Waals surface area contributed by atoms with E-state index in [9.17, 15) is 18.6 Å². The van der Waals surface area contributed by atoms with Crippen molar-refractivity contribution in [1.82, 2.24) is 0 Å². The van der Waals surface area contributed by atoms with Crippen LogP contribution in [-0.2, 0) is 10.0 Å². The van der Waals surface area contributed by atoms with Gasteiger partial charge in [0.15, 0.2) is 23.0 Å². The Morgan fingerprint density at radius 3 is 2.31 bits per heavy atom. The van der Waals surface area contributed by atoms with Gasteiger partial charge in [-0.05, 0) is 61.4 Å². The Balaban J connectivity index is 2.09. The molecule has 0 fully saturated rings. The SMILES string of the molecule is COc1cc(-c2cccc(NS(C)(=O)=O)c2)c(OC)c(O)c1-c1ccc(OCC=C(C)C)c(O)c1. The summed E-state index contributed by atoms with van der Waals surface area (Å²) in [5.74, 6) is 0.524. The molecule has 0 aliphatic heterocycles. The molecule has 0 aliphatic carbocycles. The lowest BCUT2D eigenvalue weighted by Gasteiger charge is -2.19. The van der Waals surface area contributed by atoms with E-state index in [1.54, 1.807) is 42.5 Å². The van der Waals surface area contributed by atoms with Gasteiger partial charge in [0.2, 0.25) is 10.0 Å². The summed E-state index contributed by atoms with van der Waals surface area (Å²) in [4.78, 5) is 0. The van der Waals surface area contributed by atoms with Crippen LogP contribution in [0.3, 0.4) is 0 Å². The number of allylic oxidation sites excluding steroid dienone is 1. The van der Waals surface area contributed by atoms with Crippen LogP contribution >= 0.6 is 0 Å². The Kier molecular flexibility index (Phi) is 7.81. The van der Waals surface area contributed by atoms with Crippen LogP contribution in [0, 0.1) is 0 Å². The third-order valence-electron chi connectivity index (χ3n) is 5.10. The highest BCUT2D eigenvalue weighted by molar-refractivity contribution is 7.92. The highest BCUT2D eigenvalue weighted by atomic mass is 32.2. The molecule has 0 bridgehead atoms. The van der Waals surface area contributed by atoms with Crippen molar-refractivity contribution >= 4 is 15.7 Å². The van der Waals surface area contributed by atoms with Crippen molar-refractivity contribution < 1.29 is 32.8 Å². The molecular formula is C26H29NO7S. The molecule has 3 aromatic carbocycles. The van der Waals surface area contributed by atoms with Crippen LogP contribution in [0.15, 0.2) is 60.2 Å². The van der Waals surface area contributed by atoms with Gasteiger partial charge < -0.3 is 24.4 Å². The molecule has 0 amide bonds. The fourth-order valence-electron chi connectivity index (χ4n) is 3.54. The summed E-state index contributed by atoms with van der Waals surface area (Å²) in [5.41, 5.74) is 3.37. The number of rotatable bonds is 9. The maximum Gasteiger partial charge on any atom is 0.229 e. The summed E-state index contributed by atoms with van der Waals surface area (Å²) in [7, 11) is -0.579. The fraction of sp³-hybridized carbons (Fsp3) is 0.231. The smallest absolute Gasteiger partial charge is 0.229 e. The van der Waals surface area contributed by atoms with Gasteiger partial charge in [0.1, 0.15) is 12.4 Å². The average molecular weight is 500 g/mol. The average Bonchev–Trinajstić information content (AvgIpc) is 2.78. The maximum atomic E-state index is 11.6. The van der Waals surface area contributed by atoms with Gasteiger partial charge in [-0.3, -0.25) is 4.72 Å².